The van der Waals surface area contributed by atoms with Crippen LogP contribution in [0.4, 0.5) is 0 Å². The van der Waals surface area contributed by atoms with Gasteiger partial charge in [0.2, 0.25) is 0 Å². The van der Waals surface area contributed by atoms with E-state index in [4.69, 9.17) is 13.7 Å². The number of nitrogens with zero attached hydrogens (tertiary/aromatic N) is 1. The predicted molar refractivity (Wildman–Crippen MR) is 68.9 cm³/mol. The lowest BCUT2D eigenvalue weighted by Gasteiger charge is -2.18. The van der Waals surface area contributed by atoms with Crippen molar-refractivity contribution in [3.8, 4) is 11.1 Å². The topological polar surface area (TPSA) is 73.6 Å². The molecule has 0 aliphatic rings. The van der Waals surface area contributed by atoms with Crippen LogP contribution in [0.5, 0.6) is 0 Å². The Kier molecular flexibility index (Phi) is 3.44. The molecular formula is C12H13NO3S. The third-order valence-corrected chi connectivity index (χ3v) is 2.96. The van der Waals surface area contributed by atoms with E-state index in [1.54, 1.807) is 12.3 Å². The van der Waals surface area contributed by atoms with Crippen molar-refractivity contribution < 1.29 is 13.7 Å². The van der Waals surface area contributed by atoms with Crippen LogP contribution in [0.3, 0.4) is 0 Å². The molecule has 0 fully saturated rings. The van der Waals surface area contributed by atoms with Crippen molar-refractivity contribution >= 4 is 10.9 Å². The molecule has 3 N–H and O–H groups in total. The molecule has 0 radical (unpaired) electrons. The summed E-state index contributed by atoms with van der Waals surface area (Å²) in [7, 11) is -3.52. The summed E-state index contributed by atoms with van der Waals surface area (Å²) in [6.45, 7) is 0. The predicted octanol–water partition coefficient (Wildman–Crippen LogP) is 3.47. The van der Waals surface area contributed by atoms with Gasteiger partial charge < -0.3 is 13.7 Å². The average Bonchev–Trinajstić information content (AvgIpc) is 2.29. The minimum Gasteiger partial charge on any atom is -0.308 e. The van der Waals surface area contributed by atoms with E-state index in [2.05, 4.69) is 4.98 Å². The summed E-state index contributed by atoms with van der Waals surface area (Å²) < 4.78 is 26.7. The van der Waals surface area contributed by atoms with Crippen LogP contribution in [-0.4, -0.2) is 18.6 Å². The highest BCUT2D eigenvalue weighted by Crippen LogP contribution is 2.36. The molecule has 5 heteroatoms. The first-order valence-corrected chi connectivity index (χ1v) is 6.70. The standard InChI is InChI=1S/C12H13NO3S/c14-17(15,16)9-12-7-6-11(8-13-12)10-4-2-1-3-5-10/h1-8,14-16H,9H2. The third kappa shape index (κ3) is 3.54. The van der Waals surface area contributed by atoms with E-state index in [1.165, 1.54) is 0 Å². The van der Waals surface area contributed by atoms with Crippen LogP contribution in [-0.2, 0) is 5.75 Å². The minimum atomic E-state index is -3.52. The molecule has 90 valence electrons. The molecule has 0 spiro atoms. The molecule has 0 saturated heterocycles. The molecule has 0 aliphatic heterocycles. The van der Waals surface area contributed by atoms with Crippen LogP contribution in [0.25, 0.3) is 11.1 Å². The van der Waals surface area contributed by atoms with Gasteiger partial charge in [0.05, 0.1) is 22.3 Å². The lowest BCUT2D eigenvalue weighted by molar-refractivity contribution is 0.374. The first kappa shape index (κ1) is 12.1. The molecule has 0 atom stereocenters. The van der Waals surface area contributed by atoms with Gasteiger partial charge in [0, 0.05) is 11.8 Å². The zero-order valence-corrected chi connectivity index (χ0v) is 9.84. The van der Waals surface area contributed by atoms with Crippen LogP contribution in [0.15, 0.2) is 48.7 Å². The molecule has 2 rings (SSSR count). The van der Waals surface area contributed by atoms with Gasteiger partial charge >= 0.3 is 0 Å². The van der Waals surface area contributed by atoms with Crippen LogP contribution >= 0.6 is 10.9 Å². The van der Waals surface area contributed by atoms with Crippen molar-refractivity contribution in [3.63, 3.8) is 0 Å². The quantitative estimate of drug-likeness (QED) is 0.780. The third-order valence-electron chi connectivity index (χ3n) is 2.27. The van der Waals surface area contributed by atoms with Crippen molar-refractivity contribution in [2.24, 2.45) is 0 Å². The maximum absolute atomic E-state index is 8.91. The van der Waals surface area contributed by atoms with Gasteiger partial charge in [-0.25, -0.2) is 0 Å². The fourth-order valence-electron chi connectivity index (χ4n) is 1.51. The Bertz CT molecular complexity index is 479. The van der Waals surface area contributed by atoms with Crippen LogP contribution in [0.2, 0.25) is 0 Å². The number of aromatic nitrogens is 1. The molecule has 0 saturated carbocycles. The molecule has 1 aromatic carbocycles. The molecular weight excluding hydrogens is 238 g/mol. The highest BCUT2D eigenvalue weighted by atomic mass is 32.3. The first-order chi connectivity index (χ1) is 8.04. The summed E-state index contributed by atoms with van der Waals surface area (Å²) in [4.78, 5) is 4.08. The largest absolute Gasteiger partial charge is 0.308 e. The minimum absolute atomic E-state index is 0.234. The Morgan fingerprint density at radius 2 is 1.59 bits per heavy atom. The summed E-state index contributed by atoms with van der Waals surface area (Å²) >= 11 is 0. The average molecular weight is 251 g/mol. The van der Waals surface area contributed by atoms with Crippen LogP contribution < -0.4 is 0 Å². The van der Waals surface area contributed by atoms with E-state index >= 15 is 0 Å². The van der Waals surface area contributed by atoms with E-state index in [0.29, 0.717) is 5.69 Å². The number of pyridine rings is 1. The zero-order chi connectivity index (χ0) is 12.3. The normalized spacial score (nSPS) is 12.4. The molecule has 1 heterocycles. The van der Waals surface area contributed by atoms with Crippen molar-refractivity contribution in [2.45, 2.75) is 5.75 Å². The van der Waals surface area contributed by atoms with E-state index in [0.717, 1.165) is 11.1 Å². The Morgan fingerprint density at radius 1 is 0.882 bits per heavy atom. The monoisotopic (exact) mass is 251 g/mol. The highest BCUT2D eigenvalue weighted by molar-refractivity contribution is 8.18. The Balaban J connectivity index is 2.19. The van der Waals surface area contributed by atoms with Crippen molar-refractivity contribution in [1.29, 1.82) is 0 Å². The second kappa shape index (κ2) is 4.85. The summed E-state index contributed by atoms with van der Waals surface area (Å²) in [5.41, 5.74) is 2.44. The van der Waals surface area contributed by atoms with Gasteiger partial charge in [-0.1, -0.05) is 36.4 Å². The van der Waals surface area contributed by atoms with E-state index in [-0.39, 0.29) is 5.75 Å². The molecule has 0 aliphatic carbocycles. The SMILES string of the molecule is OS(O)(O)Cc1ccc(-c2ccccc2)cn1. The summed E-state index contributed by atoms with van der Waals surface area (Å²) in [6.07, 6.45) is 1.65. The van der Waals surface area contributed by atoms with Gasteiger partial charge in [-0.2, -0.15) is 0 Å². The lowest BCUT2D eigenvalue weighted by Crippen LogP contribution is -2.00. The van der Waals surface area contributed by atoms with E-state index < -0.39 is 10.9 Å². The number of hydrogen-bond acceptors (Lipinski definition) is 4. The molecule has 2 aromatic rings. The Morgan fingerprint density at radius 3 is 2.12 bits per heavy atom. The Labute approximate surface area is 101 Å². The fourth-order valence-corrected chi connectivity index (χ4v) is 2.08. The second-order valence-corrected chi connectivity index (χ2v) is 5.23. The fraction of sp³-hybridized carbons (Fsp3) is 0.0833. The van der Waals surface area contributed by atoms with Crippen molar-refractivity contribution in [2.75, 3.05) is 0 Å². The maximum atomic E-state index is 8.91. The van der Waals surface area contributed by atoms with Crippen LogP contribution in [0.1, 0.15) is 5.69 Å². The van der Waals surface area contributed by atoms with Crippen molar-refractivity contribution in [1.82, 2.24) is 4.98 Å². The molecule has 0 amide bonds. The van der Waals surface area contributed by atoms with E-state index in [9.17, 15) is 0 Å². The molecule has 0 unspecified atom stereocenters. The maximum Gasteiger partial charge on any atom is 0.0883 e. The number of benzene rings is 1. The zero-order valence-electron chi connectivity index (χ0n) is 9.02. The lowest BCUT2D eigenvalue weighted by atomic mass is 10.1. The molecule has 17 heavy (non-hydrogen) atoms. The smallest absolute Gasteiger partial charge is 0.0883 e. The molecule has 1 aromatic heterocycles. The summed E-state index contributed by atoms with van der Waals surface area (Å²) in [6, 6.07) is 13.3. The second-order valence-electron chi connectivity index (χ2n) is 3.68. The van der Waals surface area contributed by atoms with Gasteiger partial charge in [0.15, 0.2) is 0 Å². The highest BCUT2D eigenvalue weighted by Gasteiger charge is 2.13. The van der Waals surface area contributed by atoms with Gasteiger partial charge in [-0.15, -0.1) is 0 Å². The first-order valence-electron chi connectivity index (χ1n) is 5.03. The molecule has 0 bridgehead atoms. The van der Waals surface area contributed by atoms with Gasteiger partial charge in [0.1, 0.15) is 0 Å². The van der Waals surface area contributed by atoms with Gasteiger partial charge in [0.25, 0.3) is 0 Å². The van der Waals surface area contributed by atoms with Gasteiger partial charge in [-0.05, 0) is 11.6 Å². The Hall–Kier alpha value is -1.40. The summed E-state index contributed by atoms with van der Waals surface area (Å²) in [5, 5.41) is 0. The number of rotatable bonds is 3. The summed E-state index contributed by atoms with van der Waals surface area (Å²) in [5.74, 6) is -0.234. The van der Waals surface area contributed by atoms with Crippen LogP contribution in [0, 0.1) is 0 Å². The van der Waals surface area contributed by atoms with Crippen molar-refractivity contribution in [3.05, 3.63) is 54.4 Å². The van der Waals surface area contributed by atoms with E-state index in [1.807, 2.05) is 36.4 Å². The molecule has 4 nitrogen and oxygen atoms in total. The van der Waals surface area contributed by atoms with Gasteiger partial charge in [-0.3, -0.25) is 4.98 Å². The number of hydrogen-bond donors (Lipinski definition) is 3.